The second-order valence-electron chi connectivity index (χ2n) is 5.23. The molecule has 2 saturated heterocycles. The summed E-state index contributed by atoms with van der Waals surface area (Å²) in [6.07, 6.45) is 2.07. The van der Waals surface area contributed by atoms with E-state index in [-0.39, 0.29) is 18.0 Å². The molecule has 104 valence electrons. The molecule has 0 saturated carbocycles. The van der Waals surface area contributed by atoms with Crippen LogP contribution in [-0.2, 0) is 20.5 Å². The Labute approximate surface area is 113 Å². The summed E-state index contributed by atoms with van der Waals surface area (Å²) < 4.78 is 32.1. The number of morpholine rings is 1. The van der Waals surface area contributed by atoms with E-state index in [1.807, 2.05) is 6.07 Å². The van der Waals surface area contributed by atoms with Gasteiger partial charge in [0.15, 0.2) is 0 Å². The van der Waals surface area contributed by atoms with E-state index >= 15 is 0 Å². The zero-order valence-electron chi connectivity index (χ0n) is 10.7. The van der Waals surface area contributed by atoms with Crippen LogP contribution in [0.5, 0.6) is 0 Å². The highest BCUT2D eigenvalue weighted by molar-refractivity contribution is 7.88. The monoisotopic (exact) mass is 282 g/mol. The van der Waals surface area contributed by atoms with Crippen molar-refractivity contribution in [2.45, 2.75) is 30.8 Å². The minimum absolute atomic E-state index is 0.0287. The van der Waals surface area contributed by atoms with Crippen molar-refractivity contribution >= 4 is 15.7 Å². The molecular formula is C13H18N2O3S. The van der Waals surface area contributed by atoms with Gasteiger partial charge in [0.1, 0.15) is 0 Å². The molecule has 0 aromatic heterocycles. The van der Waals surface area contributed by atoms with Gasteiger partial charge in [-0.25, -0.2) is 8.42 Å². The molecule has 1 aromatic carbocycles. The minimum atomic E-state index is -3.31. The molecule has 2 unspecified atom stereocenters. The van der Waals surface area contributed by atoms with Crippen molar-refractivity contribution in [2.75, 3.05) is 18.8 Å². The summed E-state index contributed by atoms with van der Waals surface area (Å²) in [5, 5.41) is 0. The van der Waals surface area contributed by atoms with Crippen molar-refractivity contribution in [1.82, 2.24) is 4.31 Å². The Hall–Kier alpha value is -1.11. The number of anilines is 1. The summed E-state index contributed by atoms with van der Waals surface area (Å²) >= 11 is 0. The van der Waals surface area contributed by atoms with Crippen molar-refractivity contribution in [2.24, 2.45) is 0 Å². The predicted molar refractivity (Wildman–Crippen MR) is 72.9 cm³/mol. The van der Waals surface area contributed by atoms with Crippen LogP contribution in [0, 0.1) is 0 Å². The lowest BCUT2D eigenvalue weighted by Crippen LogP contribution is -2.46. The van der Waals surface area contributed by atoms with Gasteiger partial charge < -0.3 is 10.5 Å². The van der Waals surface area contributed by atoms with Crippen LogP contribution in [0.15, 0.2) is 24.3 Å². The van der Waals surface area contributed by atoms with E-state index in [1.165, 1.54) is 0 Å². The van der Waals surface area contributed by atoms with Crippen LogP contribution >= 0.6 is 0 Å². The average Bonchev–Trinajstić information content (AvgIpc) is 2.71. The summed E-state index contributed by atoms with van der Waals surface area (Å²) in [4.78, 5) is 0. The second kappa shape index (κ2) is 4.77. The van der Waals surface area contributed by atoms with E-state index in [1.54, 1.807) is 22.5 Å². The van der Waals surface area contributed by atoms with E-state index in [9.17, 15) is 8.42 Å². The molecular weight excluding hydrogens is 264 g/mol. The number of nitrogen functional groups attached to an aromatic ring is 1. The van der Waals surface area contributed by atoms with Gasteiger partial charge in [0.2, 0.25) is 10.0 Å². The predicted octanol–water partition coefficient (Wildman–Crippen LogP) is 0.962. The molecule has 5 nitrogen and oxygen atoms in total. The van der Waals surface area contributed by atoms with Gasteiger partial charge in [0.25, 0.3) is 0 Å². The van der Waals surface area contributed by atoms with Gasteiger partial charge in [0.05, 0.1) is 18.0 Å². The molecule has 0 aliphatic carbocycles. The number of sulfonamides is 1. The first-order chi connectivity index (χ1) is 9.04. The Balaban J connectivity index is 1.78. The third-order valence-corrected chi connectivity index (χ3v) is 5.56. The molecule has 2 heterocycles. The number of para-hydroxylation sites is 1. The number of ether oxygens (including phenoxy) is 1. The number of nitrogens with zero attached hydrogens (tertiary/aromatic N) is 1. The summed E-state index contributed by atoms with van der Waals surface area (Å²) in [5.74, 6) is -0.0287. The highest BCUT2D eigenvalue weighted by Gasteiger charge is 2.38. The van der Waals surface area contributed by atoms with Crippen molar-refractivity contribution in [1.29, 1.82) is 0 Å². The van der Waals surface area contributed by atoms with Crippen LogP contribution in [-0.4, -0.2) is 38.0 Å². The Morgan fingerprint density at radius 1 is 1.21 bits per heavy atom. The summed E-state index contributed by atoms with van der Waals surface area (Å²) in [6.45, 7) is 0.955. The Bertz CT molecular complexity index is 561. The van der Waals surface area contributed by atoms with Gasteiger partial charge >= 0.3 is 0 Å². The lowest BCUT2D eigenvalue weighted by Gasteiger charge is -2.31. The maximum Gasteiger partial charge on any atom is 0.218 e. The van der Waals surface area contributed by atoms with Crippen LogP contribution in [0.2, 0.25) is 0 Å². The molecule has 3 rings (SSSR count). The van der Waals surface area contributed by atoms with E-state index in [2.05, 4.69) is 0 Å². The van der Waals surface area contributed by atoms with E-state index in [0.29, 0.717) is 24.3 Å². The maximum atomic E-state index is 12.4. The van der Waals surface area contributed by atoms with Gasteiger partial charge in [-0.15, -0.1) is 0 Å². The molecule has 1 aromatic rings. The van der Waals surface area contributed by atoms with Gasteiger partial charge in [-0.1, -0.05) is 18.2 Å². The smallest absolute Gasteiger partial charge is 0.218 e. The van der Waals surface area contributed by atoms with Crippen molar-refractivity contribution < 1.29 is 13.2 Å². The molecule has 6 heteroatoms. The molecule has 2 fully saturated rings. The molecule has 2 aliphatic rings. The van der Waals surface area contributed by atoms with Crippen LogP contribution in [0.1, 0.15) is 18.4 Å². The van der Waals surface area contributed by atoms with Crippen molar-refractivity contribution in [3.63, 3.8) is 0 Å². The number of fused-ring (bicyclic) bond motifs is 2. The number of hydrogen-bond acceptors (Lipinski definition) is 4. The molecule has 0 amide bonds. The quantitative estimate of drug-likeness (QED) is 0.838. The average molecular weight is 282 g/mol. The standard InChI is InChI=1S/C13H18N2O3S/c14-13-4-2-1-3-10(13)9-19(16,17)15-7-11-5-6-12(8-15)18-11/h1-4,11-12H,5-9,14H2. The van der Waals surface area contributed by atoms with Gasteiger partial charge in [0, 0.05) is 18.8 Å². The maximum absolute atomic E-state index is 12.4. The normalized spacial score (nSPS) is 27.6. The molecule has 19 heavy (non-hydrogen) atoms. The van der Waals surface area contributed by atoms with E-state index in [0.717, 1.165) is 12.8 Å². The third kappa shape index (κ3) is 2.61. The Kier molecular flexibility index (Phi) is 3.24. The van der Waals surface area contributed by atoms with Gasteiger partial charge in [-0.3, -0.25) is 0 Å². The van der Waals surface area contributed by atoms with Crippen LogP contribution in [0.4, 0.5) is 5.69 Å². The fourth-order valence-electron chi connectivity index (χ4n) is 2.76. The first-order valence-electron chi connectivity index (χ1n) is 6.51. The lowest BCUT2D eigenvalue weighted by molar-refractivity contribution is -0.0115. The topological polar surface area (TPSA) is 72.6 Å². The number of nitrogens with two attached hydrogens (primary N) is 1. The molecule has 0 spiro atoms. The third-order valence-electron chi connectivity index (χ3n) is 3.80. The first kappa shape index (κ1) is 12.9. The second-order valence-corrected chi connectivity index (χ2v) is 7.20. The molecule has 0 radical (unpaired) electrons. The van der Waals surface area contributed by atoms with E-state index < -0.39 is 10.0 Å². The largest absolute Gasteiger partial charge is 0.398 e. The minimum Gasteiger partial charge on any atom is -0.398 e. The highest BCUT2D eigenvalue weighted by Crippen LogP contribution is 2.29. The fraction of sp³-hybridized carbons (Fsp3) is 0.538. The summed E-state index contributed by atoms with van der Waals surface area (Å²) in [5.41, 5.74) is 7.01. The molecule has 2 bridgehead atoms. The SMILES string of the molecule is Nc1ccccc1CS(=O)(=O)N1CC2CCC(C1)O2. The molecule has 2 N–H and O–H groups in total. The number of hydrogen-bond donors (Lipinski definition) is 1. The van der Waals surface area contributed by atoms with Gasteiger partial charge in [-0.2, -0.15) is 4.31 Å². The Morgan fingerprint density at radius 2 is 1.84 bits per heavy atom. The van der Waals surface area contributed by atoms with E-state index in [4.69, 9.17) is 10.5 Å². The van der Waals surface area contributed by atoms with Crippen molar-refractivity contribution in [3.05, 3.63) is 29.8 Å². The van der Waals surface area contributed by atoms with Crippen LogP contribution < -0.4 is 5.73 Å². The van der Waals surface area contributed by atoms with Gasteiger partial charge in [-0.05, 0) is 24.5 Å². The molecule has 2 atom stereocenters. The zero-order valence-corrected chi connectivity index (χ0v) is 11.5. The van der Waals surface area contributed by atoms with Crippen molar-refractivity contribution in [3.8, 4) is 0 Å². The Morgan fingerprint density at radius 3 is 2.47 bits per heavy atom. The highest BCUT2D eigenvalue weighted by atomic mass is 32.2. The summed E-state index contributed by atoms with van der Waals surface area (Å²) in [6, 6.07) is 7.11. The molecule has 2 aliphatic heterocycles. The number of benzene rings is 1. The zero-order chi connectivity index (χ0) is 13.5. The summed E-state index contributed by atoms with van der Waals surface area (Å²) in [7, 11) is -3.31. The lowest BCUT2D eigenvalue weighted by atomic mass is 10.2. The van der Waals surface area contributed by atoms with Crippen LogP contribution in [0.25, 0.3) is 0 Å². The number of rotatable bonds is 3. The van der Waals surface area contributed by atoms with Crippen LogP contribution in [0.3, 0.4) is 0 Å². The first-order valence-corrected chi connectivity index (χ1v) is 8.12. The fourth-order valence-corrected chi connectivity index (χ4v) is 4.38.